The SMILES string of the molecule is CC(NCC(=O)N1CCCC1)c1nc2ccccc2n1C. The van der Waals surface area contributed by atoms with Crippen molar-refractivity contribution in [3.05, 3.63) is 30.1 Å². The summed E-state index contributed by atoms with van der Waals surface area (Å²) in [6.07, 6.45) is 2.26. The molecule has 2 aromatic rings. The monoisotopic (exact) mass is 286 g/mol. The number of hydrogen-bond donors (Lipinski definition) is 1. The van der Waals surface area contributed by atoms with E-state index in [1.54, 1.807) is 0 Å². The number of rotatable bonds is 4. The minimum atomic E-state index is 0.0500. The van der Waals surface area contributed by atoms with Crippen LogP contribution < -0.4 is 5.32 Å². The van der Waals surface area contributed by atoms with E-state index in [1.807, 2.05) is 30.1 Å². The van der Waals surface area contributed by atoms with Crippen molar-refractivity contribution in [3.63, 3.8) is 0 Å². The summed E-state index contributed by atoms with van der Waals surface area (Å²) in [6, 6.07) is 8.14. The van der Waals surface area contributed by atoms with Crippen molar-refractivity contribution in [2.24, 2.45) is 7.05 Å². The van der Waals surface area contributed by atoms with Crippen molar-refractivity contribution >= 4 is 16.9 Å². The number of para-hydroxylation sites is 2. The van der Waals surface area contributed by atoms with Gasteiger partial charge >= 0.3 is 0 Å². The average Bonchev–Trinajstić information content (AvgIpc) is 3.13. The number of hydrogen-bond acceptors (Lipinski definition) is 3. The lowest BCUT2D eigenvalue weighted by Gasteiger charge is -2.18. The first-order valence-electron chi connectivity index (χ1n) is 7.59. The summed E-state index contributed by atoms with van der Waals surface area (Å²) >= 11 is 0. The molecule has 0 bridgehead atoms. The Morgan fingerprint density at radius 2 is 2.05 bits per heavy atom. The fourth-order valence-corrected chi connectivity index (χ4v) is 2.96. The number of benzene rings is 1. The summed E-state index contributed by atoms with van der Waals surface area (Å²) in [7, 11) is 2.02. The van der Waals surface area contributed by atoms with E-state index < -0.39 is 0 Å². The van der Waals surface area contributed by atoms with E-state index in [9.17, 15) is 4.79 Å². The molecule has 5 nitrogen and oxygen atoms in total. The van der Waals surface area contributed by atoms with Crippen LogP contribution in [0.2, 0.25) is 0 Å². The van der Waals surface area contributed by atoms with E-state index in [0.717, 1.165) is 42.8 Å². The molecule has 1 unspecified atom stereocenters. The molecule has 1 N–H and O–H groups in total. The van der Waals surface area contributed by atoms with Gasteiger partial charge in [0, 0.05) is 20.1 Å². The average molecular weight is 286 g/mol. The van der Waals surface area contributed by atoms with Crippen LogP contribution in [0.5, 0.6) is 0 Å². The molecule has 3 rings (SSSR count). The lowest BCUT2D eigenvalue weighted by Crippen LogP contribution is -2.37. The van der Waals surface area contributed by atoms with Gasteiger partial charge in [0.2, 0.25) is 5.91 Å². The number of aromatic nitrogens is 2. The molecule has 1 atom stereocenters. The molecule has 1 saturated heterocycles. The molecule has 0 radical (unpaired) electrons. The van der Waals surface area contributed by atoms with Crippen molar-refractivity contribution in [2.75, 3.05) is 19.6 Å². The van der Waals surface area contributed by atoms with E-state index in [1.165, 1.54) is 0 Å². The first kappa shape index (κ1) is 14.1. The van der Waals surface area contributed by atoms with Crippen LogP contribution >= 0.6 is 0 Å². The summed E-state index contributed by atoms with van der Waals surface area (Å²) in [5.41, 5.74) is 2.11. The smallest absolute Gasteiger partial charge is 0.236 e. The number of amides is 1. The van der Waals surface area contributed by atoms with Crippen LogP contribution in [0.4, 0.5) is 0 Å². The van der Waals surface area contributed by atoms with Gasteiger partial charge in [-0.15, -0.1) is 0 Å². The molecule has 1 aliphatic rings. The maximum atomic E-state index is 12.1. The molecule has 0 spiro atoms. The second-order valence-corrected chi connectivity index (χ2v) is 5.71. The van der Waals surface area contributed by atoms with Gasteiger partial charge in [0.1, 0.15) is 5.82 Å². The van der Waals surface area contributed by atoms with Gasteiger partial charge in [-0.2, -0.15) is 0 Å². The molecule has 0 saturated carbocycles. The molecular weight excluding hydrogens is 264 g/mol. The third-order valence-electron chi connectivity index (χ3n) is 4.23. The molecule has 112 valence electrons. The fraction of sp³-hybridized carbons (Fsp3) is 0.500. The molecule has 1 fully saturated rings. The van der Waals surface area contributed by atoms with Crippen molar-refractivity contribution in [3.8, 4) is 0 Å². The predicted octanol–water partition coefficient (Wildman–Crippen LogP) is 1.85. The highest BCUT2D eigenvalue weighted by Crippen LogP contribution is 2.19. The zero-order valence-electron chi connectivity index (χ0n) is 12.7. The molecule has 1 amide bonds. The second-order valence-electron chi connectivity index (χ2n) is 5.71. The fourth-order valence-electron chi connectivity index (χ4n) is 2.96. The van der Waals surface area contributed by atoms with Crippen LogP contribution in [-0.4, -0.2) is 40.0 Å². The minimum Gasteiger partial charge on any atom is -0.342 e. The molecular formula is C16H22N4O. The predicted molar refractivity (Wildman–Crippen MR) is 82.9 cm³/mol. The van der Waals surface area contributed by atoms with Crippen molar-refractivity contribution in [1.82, 2.24) is 19.8 Å². The van der Waals surface area contributed by atoms with Gasteiger partial charge in [-0.1, -0.05) is 12.1 Å². The van der Waals surface area contributed by atoms with Gasteiger partial charge in [0.15, 0.2) is 0 Å². The lowest BCUT2D eigenvalue weighted by atomic mass is 10.3. The standard InChI is InChI=1S/C16H22N4O/c1-12(17-11-15(21)20-9-5-6-10-20)16-18-13-7-3-4-8-14(13)19(16)2/h3-4,7-8,12,17H,5-6,9-11H2,1-2H3. The van der Waals surface area contributed by atoms with E-state index >= 15 is 0 Å². The Labute approximate surface area is 125 Å². The van der Waals surface area contributed by atoms with Crippen LogP contribution in [0.15, 0.2) is 24.3 Å². The Hall–Kier alpha value is -1.88. The van der Waals surface area contributed by atoms with Gasteiger partial charge in [0.05, 0.1) is 23.6 Å². The number of fused-ring (bicyclic) bond motifs is 1. The van der Waals surface area contributed by atoms with Crippen LogP contribution in [-0.2, 0) is 11.8 Å². The summed E-state index contributed by atoms with van der Waals surface area (Å²) in [6.45, 7) is 4.24. The number of aryl methyl sites for hydroxylation is 1. The van der Waals surface area contributed by atoms with Gasteiger partial charge in [-0.3, -0.25) is 10.1 Å². The van der Waals surface area contributed by atoms with Gasteiger partial charge in [-0.25, -0.2) is 4.98 Å². The number of nitrogens with one attached hydrogen (secondary N) is 1. The molecule has 21 heavy (non-hydrogen) atoms. The quantitative estimate of drug-likeness (QED) is 0.933. The highest BCUT2D eigenvalue weighted by atomic mass is 16.2. The van der Waals surface area contributed by atoms with Crippen LogP contribution in [0.1, 0.15) is 31.6 Å². The summed E-state index contributed by atoms with van der Waals surface area (Å²) in [5.74, 6) is 1.16. The zero-order valence-corrected chi connectivity index (χ0v) is 12.7. The lowest BCUT2D eigenvalue weighted by molar-refractivity contribution is -0.129. The summed E-state index contributed by atoms with van der Waals surface area (Å²) in [5, 5.41) is 3.30. The molecule has 1 aromatic carbocycles. The van der Waals surface area contributed by atoms with Crippen LogP contribution in [0, 0.1) is 0 Å². The summed E-state index contributed by atoms with van der Waals surface area (Å²) in [4.78, 5) is 18.7. The maximum Gasteiger partial charge on any atom is 0.236 e. The van der Waals surface area contributed by atoms with Crippen LogP contribution in [0.25, 0.3) is 11.0 Å². The number of carbonyl (C=O) groups excluding carboxylic acids is 1. The van der Waals surface area contributed by atoms with E-state index in [2.05, 4.69) is 27.9 Å². The van der Waals surface area contributed by atoms with Crippen molar-refractivity contribution in [2.45, 2.75) is 25.8 Å². The maximum absolute atomic E-state index is 12.1. The Bertz CT molecular complexity index is 643. The Morgan fingerprint density at radius 3 is 2.76 bits per heavy atom. The topological polar surface area (TPSA) is 50.2 Å². The van der Waals surface area contributed by atoms with E-state index in [0.29, 0.717) is 6.54 Å². The molecule has 2 heterocycles. The first-order valence-corrected chi connectivity index (χ1v) is 7.59. The number of imidazole rings is 1. The number of likely N-dealkylation sites (tertiary alicyclic amines) is 1. The Morgan fingerprint density at radius 1 is 1.33 bits per heavy atom. The van der Waals surface area contributed by atoms with Crippen molar-refractivity contribution in [1.29, 1.82) is 0 Å². The number of nitrogens with zero attached hydrogens (tertiary/aromatic N) is 3. The molecule has 5 heteroatoms. The zero-order chi connectivity index (χ0) is 14.8. The second kappa shape index (κ2) is 5.85. The molecule has 1 aliphatic heterocycles. The molecule has 0 aliphatic carbocycles. The number of carbonyl (C=O) groups is 1. The van der Waals surface area contributed by atoms with E-state index in [-0.39, 0.29) is 11.9 Å². The minimum absolute atomic E-state index is 0.0500. The van der Waals surface area contributed by atoms with Gasteiger partial charge in [-0.05, 0) is 31.9 Å². The summed E-state index contributed by atoms with van der Waals surface area (Å²) < 4.78 is 2.09. The van der Waals surface area contributed by atoms with Crippen LogP contribution in [0.3, 0.4) is 0 Å². The first-order chi connectivity index (χ1) is 10.2. The highest BCUT2D eigenvalue weighted by Gasteiger charge is 2.19. The Balaban J connectivity index is 1.67. The largest absolute Gasteiger partial charge is 0.342 e. The normalized spacial score (nSPS) is 16.6. The molecule has 1 aromatic heterocycles. The third-order valence-corrected chi connectivity index (χ3v) is 4.23. The third kappa shape index (κ3) is 2.78. The van der Waals surface area contributed by atoms with Gasteiger partial charge in [0.25, 0.3) is 0 Å². The van der Waals surface area contributed by atoms with E-state index in [4.69, 9.17) is 0 Å². The van der Waals surface area contributed by atoms with Crippen molar-refractivity contribution < 1.29 is 4.79 Å². The highest BCUT2D eigenvalue weighted by molar-refractivity contribution is 5.78. The van der Waals surface area contributed by atoms with Gasteiger partial charge < -0.3 is 9.47 Å². The Kier molecular flexibility index (Phi) is 3.92.